The van der Waals surface area contributed by atoms with E-state index in [2.05, 4.69) is 23.5 Å². The Morgan fingerprint density at radius 3 is 2.65 bits per heavy atom. The lowest BCUT2D eigenvalue weighted by Gasteiger charge is -2.17. The van der Waals surface area contributed by atoms with Crippen molar-refractivity contribution < 1.29 is 4.74 Å². The largest absolute Gasteiger partial charge is 0.492 e. The van der Waals surface area contributed by atoms with E-state index in [0.29, 0.717) is 0 Å². The zero-order valence-electron chi connectivity index (χ0n) is 12.5. The summed E-state index contributed by atoms with van der Waals surface area (Å²) in [6, 6.07) is 6.66. The van der Waals surface area contributed by atoms with Gasteiger partial charge in [0.05, 0.1) is 0 Å². The van der Waals surface area contributed by atoms with Crippen LogP contribution in [-0.2, 0) is 12.8 Å². The van der Waals surface area contributed by atoms with E-state index >= 15 is 0 Å². The van der Waals surface area contributed by atoms with Gasteiger partial charge >= 0.3 is 0 Å². The van der Waals surface area contributed by atoms with E-state index in [1.165, 1.54) is 69.0 Å². The molecule has 2 aliphatic carbocycles. The van der Waals surface area contributed by atoms with Crippen molar-refractivity contribution in [1.82, 2.24) is 5.32 Å². The summed E-state index contributed by atoms with van der Waals surface area (Å²) in [7, 11) is 0. The SMILES string of the molecule is c1cc2c(cc1OCCNCC1CCCC1)CCCC2. The van der Waals surface area contributed by atoms with Crippen molar-refractivity contribution in [1.29, 1.82) is 0 Å². The molecule has 0 aliphatic heterocycles. The minimum atomic E-state index is 0.783. The van der Waals surface area contributed by atoms with Crippen LogP contribution in [0.4, 0.5) is 0 Å². The van der Waals surface area contributed by atoms with Crippen LogP contribution in [0.1, 0.15) is 49.7 Å². The highest BCUT2D eigenvalue weighted by atomic mass is 16.5. The summed E-state index contributed by atoms with van der Waals surface area (Å²) in [6.45, 7) is 2.92. The molecule has 0 unspecified atom stereocenters. The zero-order valence-corrected chi connectivity index (χ0v) is 12.5. The van der Waals surface area contributed by atoms with Crippen LogP contribution in [0.3, 0.4) is 0 Å². The van der Waals surface area contributed by atoms with E-state index in [1.807, 2.05) is 0 Å². The van der Waals surface area contributed by atoms with Gasteiger partial charge in [-0.25, -0.2) is 0 Å². The van der Waals surface area contributed by atoms with Crippen molar-refractivity contribution in [2.45, 2.75) is 51.4 Å². The molecule has 2 heteroatoms. The average Bonchev–Trinajstić information content (AvgIpc) is 3.00. The quantitative estimate of drug-likeness (QED) is 0.798. The van der Waals surface area contributed by atoms with Gasteiger partial charge in [-0.3, -0.25) is 0 Å². The van der Waals surface area contributed by atoms with Gasteiger partial charge in [-0.15, -0.1) is 0 Å². The summed E-state index contributed by atoms with van der Waals surface area (Å²) >= 11 is 0. The van der Waals surface area contributed by atoms with Crippen LogP contribution in [0.15, 0.2) is 18.2 Å². The maximum atomic E-state index is 5.87. The number of hydrogen-bond donors (Lipinski definition) is 1. The number of ether oxygens (including phenoxy) is 1. The van der Waals surface area contributed by atoms with Crippen LogP contribution in [0.25, 0.3) is 0 Å². The van der Waals surface area contributed by atoms with Crippen molar-refractivity contribution in [3.05, 3.63) is 29.3 Å². The lowest BCUT2D eigenvalue weighted by Crippen LogP contribution is -2.26. The second-order valence-corrected chi connectivity index (χ2v) is 6.34. The molecule has 1 fully saturated rings. The maximum absolute atomic E-state index is 5.87. The van der Waals surface area contributed by atoms with Crippen molar-refractivity contribution >= 4 is 0 Å². The topological polar surface area (TPSA) is 21.3 Å². The molecule has 1 aromatic rings. The highest BCUT2D eigenvalue weighted by Crippen LogP contribution is 2.25. The molecule has 20 heavy (non-hydrogen) atoms. The molecule has 0 amide bonds. The van der Waals surface area contributed by atoms with Gasteiger partial charge in [-0.1, -0.05) is 18.9 Å². The molecule has 0 saturated heterocycles. The van der Waals surface area contributed by atoms with Crippen LogP contribution < -0.4 is 10.1 Å². The Morgan fingerprint density at radius 1 is 1.00 bits per heavy atom. The van der Waals surface area contributed by atoms with Gasteiger partial charge in [0.15, 0.2) is 0 Å². The Bertz CT molecular complexity index is 423. The first kappa shape index (κ1) is 13.9. The zero-order chi connectivity index (χ0) is 13.6. The number of hydrogen-bond acceptors (Lipinski definition) is 2. The molecule has 0 atom stereocenters. The van der Waals surface area contributed by atoms with Crippen molar-refractivity contribution in [3.63, 3.8) is 0 Å². The van der Waals surface area contributed by atoms with Gasteiger partial charge < -0.3 is 10.1 Å². The molecule has 1 N–H and O–H groups in total. The molecule has 110 valence electrons. The van der Waals surface area contributed by atoms with Gasteiger partial charge in [-0.2, -0.15) is 0 Å². The molecule has 0 spiro atoms. The predicted octanol–water partition coefficient (Wildman–Crippen LogP) is 3.72. The molecule has 2 nitrogen and oxygen atoms in total. The summed E-state index contributed by atoms with van der Waals surface area (Å²) in [6.07, 6.45) is 10.8. The van der Waals surface area contributed by atoms with Crippen LogP contribution >= 0.6 is 0 Å². The predicted molar refractivity (Wildman–Crippen MR) is 83.4 cm³/mol. The molecule has 1 saturated carbocycles. The van der Waals surface area contributed by atoms with E-state index in [0.717, 1.165) is 24.8 Å². The summed E-state index contributed by atoms with van der Waals surface area (Å²) in [5.74, 6) is 1.96. The van der Waals surface area contributed by atoms with E-state index < -0.39 is 0 Å². The van der Waals surface area contributed by atoms with Gasteiger partial charge in [-0.05, 0) is 74.2 Å². The lowest BCUT2D eigenvalue weighted by atomic mass is 9.92. The molecule has 0 aromatic heterocycles. The number of benzene rings is 1. The van der Waals surface area contributed by atoms with Crippen LogP contribution in [0.2, 0.25) is 0 Å². The smallest absolute Gasteiger partial charge is 0.119 e. The third kappa shape index (κ3) is 3.76. The first-order chi connectivity index (χ1) is 9.92. The molecular formula is C18H27NO. The first-order valence-electron chi connectivity index (χ1n) is 8.37. The van der Waals surface area contributed by atoms with Crippen molar-refractivity contribution in [2.24, 2.45) is 5.92 Å². The second-order valence-electron chi connectivity index (χ2n) is 6.34. The number of rotatable bonds is 6. The second kappa shape index (κ2) is 7.12. The van der Waals surface area contributed by atoms with E-state index in [9.17, 15) is 0 Å². The number of fused-ring (bicyclic) bond motifs is 1. The number of aryl methyl sites for hydroxylation is 2. The Balaban J connectivity index is 1.37. The Labute approximate surface area is 122 Å². The van der Waals surface area contributed by atoms with E-state index in [-0.39, 0.29) is 0 Å². The fourth-order valence-electron chi connectivity index (χ4n) is 3.56. The van der Waals surface area contributed by atoms with Crippen LogP contribution in [-0.4, -0.2) is 19.7 Å². The van der Waals surface area contributed by atoms with Crippen molar-refractivity contribution in [3.8, 4) is 5.75 Å². The van der Waals surface area contributed by atoms with Gasteiger partial charge in [0, 0.05) is 6.54 Å². The van der Waals surface area contributed by atoms with Crippen LogP contribution in [0.5, 0.6) is 5.75 Å². The van der Waals surface area contributed by atoms with Crippen LogP contribution in [0, 0.1) is 5.92 Å². The summed E-state index contributed by atoms with van der Waals surface area (Å²) < 4.78 is 5.87. The van der Waals surface area contributed by atoms with E-state index in [4.69, 9.17) is 4.74 Å². The monoisotopic (exact) mass is 273 g/mol. The standard InChI is InChI=1S/C18H27NO/c1-2-6-15(5-1)14-19-11-12-20-18-10-9-16-7-3-4-8-17(16)13-18/h9-10,13,15,19H,1-8,11-12,14H2. The molecule has 0 heterocycles. The molecule has 2 aliphatic rings. The third-order valence-electron chi connectivity index (χ3n) is 4.78. The molecule has 0 bridgehead atoms. The highest BCUT2D eigenvalue weighted by molar-refractivity contribution is 5.37. The highest BCUT2D eigenvalue weighted by Gasteiger charge is 2.14. The minimum Gasteiger partial charge on any atom is -0.492 e. The normalized spacial score (nSPS) is 19.0. The molecule has 3 rings (SSSR count). The fourth-order valence-corrected chi connectivity index (χ4v) is 3.56. The minimum absolute atomic E-state index is 0.783. The molecule has 1 aromatic carbocycles. The van der Waals surface area contributed by atoms with Gasteiger partial charge in [0.1, 0.15) is 12.4 Å². The number of nitrogens with one attached hydrogen (secondary N) is 1. The first-order valence-corrected chi connectivity index (χ1v) is 8.37. The Kier molecular flexibility index (Phi) is 4.96. The maximum Gasteiger partial charge on any atom is 0.119 e. The Hall–Kier alpha value is -1.02. The summed E-state index contributed by atoms with van der Waals surface area (Å²) in [5, 5.41) is 3.53. The third-order valence-corrected chi connectivity index (χ3v) is 4.78. The average molecular weight is 273 g/mol. The lowest BCUT2D eigenvalue weighted by molar-refractivity contribution is 0.308. The van der Waals surface area contributed by atoms with Gasteiger partial charge in [0.2, 0.25) is 0 Å². The van der Waals surface area contributed by atoms with Crippen molar-refractivity contribution in [2.75, 3.05) is 19.7 Å². The summed E-state index contributed by atoms with van der Waals surface area (Å²) in [5.41, 5.74) is 3.04. The van der Waals surface area contributed by atoms with E-state index in [1.54, 1.807) is 0 Å². The fraction of sp³-hybridized carbons (Fsp3) is 0.667. The van der Waals surface area contributed by atoms with Gasteiger partial charge in [0.25, 0.3) is 0 Å². The summed E-state index contributed by atoms with van der Waals surface area (Å²) in [4.78, 5) is 0. The Morgan fingerprint density at radius 2 is 1.80 bits per heavy atom. The molecular weight excluding hydrogens is 246 g/mol. The molecule has 0 radical (unpaired) electrons.